The molecular weight excluding hydrogens is 335 g/mol. The van der Waals surface area contributed by atoms with Gasteiger partial charge in [-0.2, -0.15) is 13.2 Å². The normalized spacial score (nSPS) is 11.1. The molecule has 0 saturated carbocycles. The third kappa shape index (κ3) is 4.82. The molecule has 7 heteroatoms. The van der Waals surface area contributed by atoms with E-state index < -0.39 is 30.1 Å². The first-order chi connectivity index (χ1) is 11.7. The highest BCUT2D eigenvalue weighted by atomic mass is 19.4. The van der Waals surface area contributed by atoms with Crippen LogP contribution in [-0.4, -0.2) is 32.5 Å². The number of ketones is 1. The number of nitrogens with zero attached hydrogens (tertiary/aromatic N) is 1. The molecule has 2 aromatic rings. The molecule has 0 atom stereocenters. The van der Waals surface area contributed by atoms with Gasteiger partial charge in [0.15, 0.2) is 12.4 Å². The van der Waals surface area contributed by atoms with Crippen LogP contribution in [0.5, 0.6) is 0 Å². The summed E-state index contributed by atoms with van der Waals surface area (Å²) in [7, 11) is 3.70. The second-order valence-corrected chi connectivity index (χ2v) is 5.52. The highest BCUT2D eigenvalue weighted by Gasteiger charge is 2.30. The van der Waals surface area contributed by atoms with E-state index in [9.17, 15) is 22.8 Å². The lowest BCUT2D eigenvalue weighted by Crippen LogP contribution is -2.15. The second-order valence-electron chi connectivity index (χ2n) is 5.52. The van der Waals surface area contributed by atoms with E-state index in [1.807, 2.05) is 19.0 Å². The van der Waals surface area contributed by atoms with Gasteiger partial charge in [-0.3, -0.25) is 4.79 Å². The highest BCUT2D eigenvalue weighted by molar-refractivity contribution is 5.99. The number of esters is 1. The minimum atomic E-state index is -4.54. The van der Waals surface area contributed by atoms with Crippen molar-refractivity contribution in [2.45, 2.75) is 6.18 Å². The van der Waals surface area contributed by atoms with Gasteiger partial charge in [-0.1, -0.05) is 12.1 Å². The van der Waals surface area contributed by atoms with Gasteiger partial charge in [-0.15, -0.1) is 0 Å². The smallest absolute Gasteiger partial charge is 0.416 e. The van der Waals surface area contributed by atoms with Crippen molar-refractivity contribution in [3.8, 4) is 0 Å². The van der Waals surface area contributed by atoms with Crippen LogP contribution in [-0.2, 0) is 10.9 Å². The molecule has 4 nitrogen and oxygen atoms in total. The minimum absolute atomic E-state index is 0.161. The first-order valence-corrected chi connectivity index (χ1v) is 7.33. The van der Waals surface area contributed by atoms with Gasteiger partial charge in [-0.25, -0.2) is 4.79 Å². The van der Waals surface area contributed by atoms with Crippen molar-refractivity contribution in [2.75, 3.05) is 25.6 Å². The number of hydrogen-bond acceptors (Lipinski definition) is 4. The zero-order valence-corrected chi connectivity index (χ0v) is 13.6. The van der Waals surface area contributed by atoms with Crippen molar-refractivity contribution in [3.63, 3.8) is 0 Å². The average molecular weight is 351 g/mol. The Hall–Kier alpha value is -2.83. The Kier molecular flexibility index (Phi) is 5.46. The van der Waals surface area contributed by atoms with E-state index in [0.717, 1.165) is 23.9 Å². The Bertz CT molecular complexity index is 768. The van der Waals surface area contributed by atoms with Crippen molar-refractivity contribution in [2.24, 2.45) is 0 Å². The van der Waals surface area contributed by atoms with E-state index in [0.29, 0.717) is 0 Å². The average Bonchev–Trinajstić information content (AvgIpc) is 2.58. The number of anilines is 1. The van der Waals surface area contributed by atoms with Gasteiger partial charge >= 0.3 is 12.1 Å². The second kappa shape index (κ2) is 7.38. The Morgan fingerprint density at radius 3 is 2.20 bits per heavy atom. The SMILES string of the molecule is CN(C)c1ccc(C(=O)OCC(=O)c2cccc(C(F)(F)F)c2)cc1. The molecule has 0 aromatic heterocycles. The zero-order valence-electron chi connectivity index (χ0n) is 13.6. The predicted octanol–water partition coefficient (Wildman–Crippen LogP) is 3.81. The number of carbonyl (C=O) groups is 2. The van der Waals surface area contributed by atoms with Gasteiger partial charge in [0.25, 0.3) is 0 Å². The van der Waals surface area contributed by atoms with Crippen LogP contribution in [0.2, 0.25) is 0 Å². The first kappa shape index (κ1) is 18.5. The van der Waals surface area contributed by atoms with Crippen molar-refractivity contribution < 1.29 is 27.5 Å². The number of rotatable bonds is 5. The van der Waals surface area contributed by atoms with Crippen molar-refractivity contribution in [3.05, 3.63) is 65.2 Å². The molecule has 0 aliphatic rings. The molecule has 0 fully saturated rings. The van der Waals surface area contributed by atoms with Crippen LogP contribution in [0.3, 0.4) is 0 Å². The number of carbonyl (C=O) groups excluding carboxylic acids is 2. The van der Waals surface area contributed by atoms with Gasteiger partial charge in [0.05, 0.1) is 11.1 Å². The van der Waals surface area contributed by atoms with Crippen LogP contribution < -0.4 is 4.90 Å². The van der Waals surface area contributed by atoms with Gasteiger partial charge in [-0.05, 0) is 36.4 Å². The number of hydrogen-bond donors (Lipinski definition) is 0. The lowest BCUT2D eigenvalue weighted by Gasteiger charge is -2.12. The zero-order chi connectivity index (χ0) is 18.6. The fraction of sp³-hybridized carbons (Fsp3) is 0.222. The molecule has 0 aliphatic heterocycles. The lowest BCUT2D eigenvalue weighted by molar-refractivity contribution is -0.137. The molecule has 0 unspecified atom stereocenters. The summed E-state index contributed by atoms with van der Waals surface area (Å²) in [5.74, 6) is -1.42. The quantitative estimate of drug-likeness (QED) is 0.607. The molecule has 0 amide bonds. The first-order valence-electron chi connectivity index (χ1n) is 7.33. The van der Waals surface area contributed by atoms with Crippen LogP contribution in [0.15, 0.2) is 48.5 Å². The number of ether oxygens (including phenoxy) is 1. The summed E-state index contributed by atoms with van der Waals surface area (Å²) in [6.07, 6.45) is -4.54. The Morgan fingerprint density at radius 1 is 1.00 bits per heavy atom. The van der Waals surface area contributed by atoms with E-state index >= 15 is 0 Å². The van der Waals surface area contributed by atoms with Crippen molar-refractivity contribution in [1.82, 2.24) is 0 Å². The summed E-state index contributed by atoms with van der Waals surface area (Å²) < 4.78 is 42.9. The van der Waals surface area contributed by atoms with Crippen LogP contribution >= 0.6 is 0 Å². The van der Waals surface area contributed by atoms with E-state index in [4.69, 9.17) is 4.74 Å². The third-order valence-corrected chi connectivity index (χ3v) is 3.47. The predicted molar refractivity (Wildman–Crippen MR) is 86.8 cm³/mol. The minimum Gasteiger partial charge on any atom is -0.454 e. The maximum atomic E-state index is 12.7. The van der Waals surface area contributed by atoms with Gasteiger partial charge in [0, 0.05) is 25.3 Å². The fourth-order valence-electron chi connectivity index (χ4n) is 2.06. The van der Waals surface area contributed by atoms with Gasteiger partial charge in [0.1, 0.15) is 0 Å². The molecule has 0 spiro atoms. The van der Waals surface area contributed by atoms with Crippen LogP contribution in [0.1, 0.15) is 26.3 Å². The maximum Gasteiger partial charge on any atom is 0.416 e. The number of halogens is 3. The Labute approximate surface area is 142 Å². The molecule has 0 bridgehead atoms. The van der Waals surface area contributed by atoms with E-state index in [1.165, 1.54) is 6.07 Å². The summed E-state index contributed by atoms with van der Waals surface area (Å²) in [5.41, 5.74) is 0.0496. The van der Waals surface area contributed by atoms with E-state index in [2.05, 4.69) is 0 Å². The van der Waals surface area contributed by atoms with Gasteiger partial charge < -0.3 is 9.64 Å². The summed E-state index contributed by atoms with van der Waals surface area (Å²) in [5, 5.41) is 0. The monoisotopic (exact) mass is 351 g/mol. The number of Topliss-reactive ketones (excluding diaryl/α,β-unsaturated/α-hetero) is 1. The summed E-state index contributed by atoms with van der Waals surface area (Å²) in [6.45, 7) is -0.629. The van der Waals surface area contributed by atoms with Crippen molar-refractivity contribution in [1.29, 1.82) is 0 Å². The standard InChI is InChI=1S/C18H16F3NO3/c1-22(2)15-8-6-12(7-9-15)17(24)25-11-16(23)13-4-3-5-14(10-13)18(19,20)21/h3-10H,11H2,1-2H3. The lowest BCUT2D eigenvalue weighted by atomic mass is 10.1. The molecular formula is C18H16F3NO3. The topological polar surface area (TPSA) is 46.6 Å². The van der Waals surface area contributed by atoms with E-state index in [-0.39, 0.29) is 11.1 Å². The largest absolute Gasteiger partial charge is 0.454 e. The summed E-state index contributed by atoms with van der Waals surface area (Å²) in [6, 6.07) is 10.5. The molecule has 2 rings (SSSR count). The van der Waals surface area contributed by atoms with Crippen molar-refractivity contribution >= 4 is 17.4 Å². The Balaban J connectivity index is 2.01. The summed E-state index contributed by atoms with van der Waals surface area (Å²) in [4.78, 5) is 25.7. The molecule has 0 aliphatic carbocycles. The van der Waals surface area contributed by atoms with Crippen LogP contribution in [0.4, 0.5) is 18.9 Å². The molecule has 0 heterocycles. The molecule has 0 radical (unpaired) electrons. The van der Waals surface area contributed by atoms with Crippen LogP contribution in [0, 0.1) is 0 Å². The Morgan fingerprint density at radius 2 is 1.64 bits per heavy atom. The maximum absolute atomic E-state index is 12.7. The fourth-order valence-corrected chi connectivity index (χ4v) is 2.06. The molecule has 0 N–H and O–H groups in total. The van der Waals surface area contributed by atoms with Gasteiger partial charge in [0.2, 0.25) is 0 Å². The summed E-state index contributed by atoms with van der Waals surface area (Å²) >= 11 is 0. The van der Waals surface area contributed by atoms with E-state index in [1.54, 1.807) is 24.3 Å². The molecule has 2 aromatic carbocycles. The number of benzene rings is 2. The molecule has 0 saturated heterocycles. The third-order valence-electron chi connectivity index (χ3n) is 3.47. The van der Waals surface area contributed by atoms with Crippen LogP contribution in [0.25, 0.3) is 0 Å². The molecule has 132 valence electrons. The molecule has 25 heavy (non-hydrogen) atoms. The highest BCUT2D eigenvalue weighted by Crippen LogP contribution is 2.29. The number of alkyl halides is 3.